The molecule has 1 rings (SSSR count). The summed E-state index contributed by atoms with van der Waals surface area (Å²) in [6, 6.07) is 1.93. The lowest BCUT2D eigenvalue weighted by Crippen LogP contribution is -2.02. The molecule has 0 aliphatic rings. The summed E-state index contributed by atoms with van der Waals surface area (Å²) in [5.74, 6) is 0.509. The van der Waals surface area contributed by atoms with Gasteiger partial charge in [0, 0.05) is 6.54 Å². The Labute approximate surface area is 76.5 Å². The van der Waals surface area contributed by atoms with Crippen molar-refractivity contribution in [3.63, 3.8) is 0 Å². The molecular weight excluding hydrogens is 168 g/mol. The van der Waals surface area contributed by atoms with Gasteiger partial charge in [-0.15, -0.1) is 0 Å². The maximum atomic E-state index is 8.67. The number of nitrogen functional groups attached to an aromatic ring is 1. The molecule has 0 radical (unpaired) electrons. The first kappa shape index (κ1) is 9.39. The molecule has 0 unspecified atom stereocenters. The molecule has 13 heavy (non-hydrogen) atoms. The van der Waals surface area contributed by atoms with E-state index in [1.54, 1.807) is 0 Å². The van der Waals surface area contributed by atoms with E-state index >= 15 is 0 Å². The molecule has 3 N–H and O–H groups in total. The highest BCUT2D eigenvalue weighted by Gasteiger charge is 2.11. The Kier molecular flexibility index (Phi) is 3.15. The number of hydrogen-bond acceptors (Lipinski definition) is 5. The van der Waals surface area contributed by atoms with E-state index < -0.39 is 0 Å². The fourth-order valence-electron chi connectivity index (χ4n) is 0.915. The van der Waals surface area contributed by atoms with E-state index in [4.69, 9.17) is 11.0 Å². The van der Waals surface area contributed by atoms with Crippen molar-refractivity contribution < 1.29 is 4.52 Å². The minimum absolute atomic E-state index is 0.0708. The molecule has 0 saturated heterocycles. The van der Waals surface area contributed by atoms with Gasteiger partial charge in [-0.25, -0.2) is 0 Å². The Balaban J connectivity index is 2.62. The van der Waals surface area contributed by atoms with Crippen molar-refractivity contribution in [2.75, 3.05) is 17.6 Å². The highest BCUT2D eigenvalue weighted by Crippen LogP contribution is 2.19. The van der Waals surface area contributed by atoms with Crippen LogP contribution in [0.15, 0.2) is 4.52 Å². The smallest absolute Gasteiger partial charge is 0.242 e. The molecule has 1 aromatic heterocycles. The summed E-state index contributed by atoms with van der Waals surface area (Å²) < 4.78 is 4.66. The van der Waals surface area contributed by atoms with E-state index in [1.165, 1.54) is 0 Å². The Morgan fingerprint density at radius 2 is 2.46 bits per heavy atom. The summed E-state index contributed by atoms with van der Waals surface area (Å²) in [6.45, 7) is 2.86. The minimum Gasteiger partial charge on any atom is -0.366 e. The third-order valence-electron chi connectivity index (χ3n) is 1.65. The van der Waals surface area contributed by atoms with Gasteiger partial charge < -0.3 is 15.6 Å². The second-order valence-electron chi connectivity index (χ2n) is 2.66. The zero-order chi connectivity index (χ0) is 9.68. The monoisotopic (exact) mass is 180 g/mol. The minimum atomic E-state index is 0.0708. The predicted octanol–water partition coefficient (Wildman–Crippen LogP) is 1.34. The largest absolute Gasteiger partial charge is 0.366 e. The van der Waals surface area contributed by atoms with Crippen LogP contribution < -0.4 is 11.1 Å². The van der Waals surface area contributed by atoms with E-state index in [-0.39, 0.29) is 11.4 Å². The Morgan fingerprint density at radius 3 is 3.08 bits per heavy atom. The van der Waals surface area contributed by atoms with E-state index in [9.17, 15) is 0 Å². The standard InChI is InChI=1S/C8H12N4O/c1-2-3-4-11-8-6(5-9)7(10)13-12-8/h2-4,10H2,1H3,(H,11,12). The second kappa shape index (κ2) is 4.36. The molecule has 5 heteroatoms. The topological polar surface area (TPSA) is 87.9 Å². The average Bonchev–Trinajstić information content (AvgIpc) is 2.47. The van der Waals surface area contributed by atoms with Gasteiger partial charge >= 0.3 is 0 Å². The lowest BCUT2D eigenvalue weighted by molar-refractivity contribution is 0.439. The molecule has 5 nitrogen and oxygen atoms in total. The van der Waals surface area contributed by atoms with Gasteiger partial charge in [-0.1, -0.05) is 18.5 Å². The highest BCUT2D eigenvalue weighted by molar-refractivity contribution is 5.60. The molecule has 0 amide bonds. The third kappa shape index (κ3) is 2.12. The summed E-state index contributed by atoms with van der Waals surface area (Å²) in [5.41, 5.74) is 5.65. The first-order valence-electron chi connectivity index (χ1n) is 4.18. The number of aromatic nitrogens is 1. The number of nitrogens with one attached hydrogen (secondary N) is 1. The number of nitriles is 1. The molecule has 0 aliphatic heterocycles. The quantitative estimate of drug-likeness (QED) is 0.682. The third-order valence-corrected chi connectivity index (χ3v) is 1.65. The number of nitrogens with zero attached hydrogens (tertiary/aromatic N) is 2. The Bertz CT molecular complexity index is 312. The van der Waals surface area contributed by atoms with Gasteiger partial charge in [-0.3, -0.25) is 0 Å². The van der Waals surface area contributed by atoms with Gasteiger partial charge in [0.05, 0.1) is 0 Å². The van der Waals surface area contributed by atoms with Crippen LogP contribution in [0.1, 0.15) is 25.3 Å². The predicted molar refractivity (Wildman–Crippen MR) is 49.0 cm³/mol. The summed E-state index contributed by atoms with van der Waals surface area (Å²) in [5, 5.41) is 15.3. The lowest BCUT2D eigenvalue weighted by Gasteiger charge is -1.99. The number of rotatable bonds is 4. The average molecular weight is 180 g/mol. The van der Waals surface area contributed by atoms with Crippen LogP contribution in [0.2, 0.25) is 0 Å². The lowest BCUT2D eigenvalue weighted by atomic mass is 10.3. The molecule has 0 aliphatic carbocycles. The van der Waals surface area contributed by atoms with Gasteiger partial charge in [0.25, 0.3) is 0 Å². The second-order valence-corrected chi connectivity index (χ2v) is 2.66. The molecule has 0 spiro atoms. The molecule has 0 fully saturated rings. The fourth-order valence-corrected chi connectivity index (χ4v) is 0.915. The molecule has 0 bridgehead atoms. The van der Waals surface area contributed by atoms with Gasteiger partial charge in [0.2, 0.25) is 5.88 Å². The van der Waals surface area contributed by atoms with E-state index in [2.05, 4.69) is 21.9 Å². The van der Waals surface area contributed by atoms with Crippen LogP contribution in [0.5, 0.6) is 0 Å². The number of unbranched alkanes of at least 4 members (excludes halogenated alkanes) is 1. The van der Waals surface area contributed by atoms with Gasteiger partial charge in [-0.2, -0.15) is 5.26 Å². The van der Waals surface area contributed by atoms with E-state index in [0.29, 0.717) is 5.82 Å². The van der Waals surface area contributed by atoms with Crippen LogP contribution in [-0.4, -0.2) is 11.7 Å². The molecule has 0 aromatic carbocycles. The van der Waals surface area contributed by atoms with Gasteiger partial charge in [0.15, 0.2) is 11.4 Å². The summed E-state index contributed by atoms with van der Waals surface area (Å²) >= 11 is 0. The van der Waals surface area contributed by atoms with Gasteiger partial charge in [0.1, 0.15) is 6.07 Å². The normalized spacial score (nSPS) is 9.54. The number of anilines is 2. The SMILES string of the molecule is CCCCNc1noc(N)c1C#N. The van der Waals surface area contributed by atoms with Crippen LogP contribution in [0, 0.1) is 11.3 Å². The van der Waals surface area contributed by atoms with Crippen LogP contribution >= 0.6 is 0 Å². The van der Waals surface area contributed by atoms with Crippen molar-refractivity contribution in [2.45, 2.75) is 19.8 Å². The van der Waals surface area contributed by atoms with Crippen LogP contribution in [0.3, 0.4) is 0 Å². The Morgan fingerprint density at radius 1 is 1.69 bits per heavy atom. The zero-order valence-electron chi connectivity index (χ0n) is 7.50. The van der Waals surface area contributed by atoms with E-state index in [1.807, 2.05) is 6.07 Å². The molecule has 70 valence electrons. The molecule has 1 aromatic rings. The maximum absolute atomic E-state index is 8.67. The van der Waals surface area contributed by atoms with Crippen LogP contribution in [0.4, 0.5) is 11.7 Å². The molecule has 0 saturated carbocycles. The summed E-state index contributed by atoms with van der Waals surface area (Å²) in [6.07, 6.45) is 2.11. The first-order chi connectivity index (χ1) is 6.29. The number of nitrogens with two attached hydrogens (primary N) is 1. The first-order valence-corrected chi connectivity index (χ1v) is 4.18. The Hall–Kier alpha value is -1.70. The van der Waals surface area contributed by atoms with Crippen molar-refractivity contribution in [1.82, 2.24) is 5.16 Å². The fraction of sp³-hybridized carbons (Fsp3) is 0.500. The zero-order valence-corrected chi connectivity index (χ0v) is 7.50. The summed E-state index contributed by atoms with van der Waals surface area (Å²) in [7, 11) is 0. The highest BCUT2D eigenvalue weighted by atomic mass is 16.5. The van der Waals surface area contributed by atoms with Crippen LogP contribution in [0.25, 0.3) is 0 Å². The van der Waals surface area contributed by atoms with Crippen molar-refractivity contribution in [2.24, 2.45) is 0 Å². The van der Waals surface area contributed by atoms with Crippen molar-refractivity contribution in [1.29, 1.82) is 5.26 Å². The molecular formula is C8H12N4O. The maximum Gasteiger partial charge on any atom is 0.242 e. The molecule has 0 atom stereocenters. The van der Waals surface area contributed by atoms with Gasteiger partial charge in [-0.05, 0) is 6.42 Å². The summed E-state index contributed by atoms with van der Waals surface area (Å²) in [4.78, 5) is 0. The van der Waals surface area contributed by atoms with Crippen LogP contribution in [-0.2, 0) is 0 Å². The van der Waals surface area contributed by atoms with Crippen molar-refractivity contribution in [3.8, 4) is 6.07 Å². The van der Waals surface area contributed by atoms with Crippen molar-refractivity contribution >= 4 is 11.7 Å². The molecule has 1 heterocycles. The number of hydrogen-bond donors (Lipinski definition) is 2. The van der Waals surface area contributed by atoms with Crippen molar-refractivity contribution in [3.05, 3.63) is 5.56 Å². The van der Waals surface area contributed by atoms with E-state index in [0.717, 1.165) is 19.4 Å².